The summed E-state index contributed by atoms with van der Waals surface area (Å²) in [6.07, 6.45) is 0. The van der Waals surface area contributed by atoms with Crippen molar-refractivity contribution in [1.82, 2.24) is 0 Å². The summed E-state index contributed by atoms with van der Waals surface area (Å²) in [5, 5.41) is 9.04. The van der Waals surface area contributed by atoms with E-state index >= 15 is 0 Å². The lowest BCUT2D eigenvalue weighted by atomic mass is 10.2. The van der Waals surface area contributed by atoms with E-state index in [1.54, 1.807) is 13.0 Å². The largest absolute Gasteiger partial charge is 0.495 e. The van der Waals surface area contributed by atoms with Crippen molar-refractivity contribution in [1.29, 1.82) is 0 Å². The molecule has 1 aromatic rings. The van der Waals surface area contributed by atoms with Crippen LogP contribution in [0.5, 0.6) is 5.75 Å². The molecule has 0 unspecified atom stereocenters. The number of aliphatic hydroxyl groups is 1. The van der Waals surface area contributed by atoms with E-state index in [2.05, 4.69) is 0 Å². The average molecular weight is 265 g/mol. The molecule has 0 saturated carbocycles. The molecule has 0 atom stereocenters. The van der Waals surface area contributed by atoms with Gasteiger partial charge in [-0.3, -0.25) is 0 Å². The summed E-state index contributed by atoms with van der Waals surface area (Å²) in [5.41, 5.74) is 0.645. The first-order chi connectivity index (χ1) is 7.42. The molecule has 4 nitrogen and oxygen atoms in total. The maximum absolute atomic E-state index is 11.8. The number of aliphatic hydroxyl groups excluding tert-OH is 1. The number of ether oxygens (including phenoxy) is 1. The molecule has 16 heavy (non-hydrogen) atoms. The average Bonchev–Trinajstić information content (AvgIpc) is 2.16. The molecule has 0 radical (unpaired) electrons. The van der Waals surface area contributed by atoms with Crippen LogP contribution in [0.1, 0.15) is 5.56 Å². The summed E-state index contributed by atoms with van der Waals surface area (Å²) in [5.74, 6) is -0.0683. The lowest BCUT2D eigenvalue weighted by Gasteiger charge is -2.12. The molecule has 0 aliphatic carbocycles. The Balaban J connectivity index is 3.43. The topological polar surface area (TPSA) is 63.6 Å². The number of halogens is 1. The minimum absolute atomic E-state index is 0.0223. The summed E-state index contributed by atoms with van der Waals surface area (Å²) in [4.78, 5) is 0.0223. The maximum Gasteiger partial charge on any atom is 0.184 e. The summed E-state index contributed by atoms with van der Waals surface area (Å²) >= 11 is 5.80. The number of hydrogen-bond acceptors (Lipinski definition) is 4. The summed E-state index contributed by atoms with van der Waals surface area (Å²) in [6.45, 7) is 1.28. The standard InChI is InChI=1S/C10H13ClO4S/c1-7-5-8(11)6-9(10(7)15-2)16(13,14)4-3-12/h5-6,12H,3-4H2,1-2H3. The first-order valence-electron chi connectivity index (χ1n) is 4.60. The first-order valence-corrected chi connectivity index (χ1v) is 6.63. The van der Waals surface area contributed by atoms with Crippen molar-refractivity contribution in [3.05, 3.63) is 22.7 Å². The van der Waals surface area contributed by atoms with E-state index in [4.69, 9.17) is 21.4 Å². The van der Waals surface area contributed by atoms with Gasteiger partial charge >= 0.3 is 0 Å². The fraction of sp³-hybridized carbons (Fsp3) is 0.400. The van der Waals surface area contributed by atoms with Gasteiger partial charge in [0.2, 0.25) is 0 Å². The second-order valence-corrected chi connectivity index (χ2v) is 5.81. The van der Waals surface area contributed by atoms with Gasteiger partial charge in [-0.25, -0.2) is 8.42 Å². The van der Waals surface area contributed by atoms with Crippen molar-refractivity contribution < 1.29 is 18.3 Å². The molecular formula is C10H13ClO4S. The third-order valence-corrected chi connectivity index (χ3v) is 4.02. The Morgan fingerprint density at radius 2 is 2.06 bits per heavy atom. The molecule has 0 aliphatic rings. The predicted octanol–water partition coefficient (Wildman–Crippen LogP) is 1.42. The molecule has 0 fully saturated rings. The van der Waals surface area contributed by atoms with Crippen molar-refractivity contribution >= 4 is 21.4 Å². The Morgan fingerprint density at radius 1 is 1.44 bits per heavy atom. The fourth-order valence-electron chi connectivity index (χ4n) is 1.42. The SMILES string of the molecule is COc1c(C)cc(Cl)cc1S(=O)(=O)CCO. The highest BCUT2D eigenvalue weighted by molar-refractivity contribution is 7.91. The highest BCUT2D eigenvalue weighted by Crippen LogP contribution is 2.31. The van der Waals surface area contributed by atoms with E-state index in [0.29, 0.717) is 10.6 Å². The minimum atomic E-state index is -3.56. The zero-order valence-corrected chi connectivity index (χ0v) is 10.6. The zero-order chi connectivity index (χ0) is 12.3. The summed E-state index contributed by atoms with van der Waals surface area (Å²) in [6, 6.07) is 2.96. The van der Waals surface area contributed by atoms with Crippen LogP contribution in [-0.4, -0.2) is 33.0 Å². The molecule has 0 heterocycles. The smallest absolute Gasteiger partial charge is 0.184 e. The van der Waals surface area contributed by atoms with E-state index in [-0.39, 0.29) is 16.4 Å². The predicted molar refractivity (Wildman–Crippen MR) is 61.9 cm³/mol. The van der Waals surface area contributed by atoms with Crippen LogP contribution in [-0.2, 0) is 9.84 Å². The van der Waals surface area contributed by atoms with E-state index in [1.807, 2.05) is 0 Å². The normalized spacial score (nSPS) is 11.5. The molecule has 0 saturated heterocycles. The van der Waals surface area contributed by atoms with Gasteiger partial charge in [-0.15, -0.1) is 0 Å². The Bertz CT molecular complexity index is 482. The summed E-state index contributed by atoms with van der Waals surface area (Å²) in [7, 11) is -2.16. The molecule has 0 bridgehead atoms. The van der Waals surface area contributed by atoms with Crippen LogP contribution < -0.4 is 4.74 Å². The molecule has 90 valence electrons. The van der Waals surface area contributed by atoms with E-state index < -0.39 is 16.4 Å². The molecular weight excluding hydrogens is 252 g/mol. The minimum Gasteiger partial charge on any atom is -0.495 e. The van der Waals surface area contributed by atoms with Crippen LogP contribution in [0, 0.1) is 6.92 Å². The van der Waals surface area contributed by atoms with E-state index in [0.717, 1.165) is 0 Å². The van der Waals surface area contributed by atoms with Gasteiger partial charge in [0.25, 0.3) is 0 Å². The third-order valence-electron chi connectivity index (χ3n) is 2.10. The number of aryl methyl sites for hydroxylation is 1. The van der Waals surface area contributed by atoms with Crippen LogP contribution in [0.25, 0.3) is 0 Å². The fourth-order valence-corrected chi connectivity index (χ4v) is 3.05. The number of methoxy groups -OCH3 is 1. The monoisotopic (exact) mass is 264 g/mol. The molecule has 1 aromatic carbocycles. The Labute approximate surface area is 99.7 Å². The number of hydrogen-bond donors (Lipinski definition) is 1. The van der Waals surface area contributed by atoms with Crippen LogP contribution in [0.4, 0.5) is 0 Å². The van der Waals surface area contributed by atoms with Gasteiger partial charge < -0.3 is 9.84 Å². The Hall–Kier alpha value is -0.780. The Morgan fingerprint density at radius 3 is 2.56 bits per heavy atom. The van der Waals surface area contributed by atoms with Gasteiger partial charge in [0.15, 0.2) is 9.84 Å². The quantitative estimate of drug-likeness (QED) is 0.893. The highest BCUT2D eigenvalue weighted by atomic mass is 35.5. The van der Waals surface area contributed by atoms with Crippen LogP contribution in [0.3, 0.4) is 0 Å². The van der Waals surface area contributed by atoms with E-state index in [9.17, 15) is 8.42 Å². The third kappa shape index (κ3) is 2.66. The number of sulfone groups is 1. The molecule has 1 rings (SSSR count). The van der Waals surface area contributed by atoms with Crippen molar-refractivity contribution in [2.24, 2.45) is 0 Å². The second-order valence-electron chi connectivity index (χ2n) is 3.30. The highest BCUT2D eigenvalue weighted by Gasteiger charge is 2.21. The van der Waals surface area contributed by atoms with Gasteiger partial charge in [0.05, 0.1) is 19.5 Å². The van der Waals surface area contributed by atoms with Gasteiger partial charge in [-0.05, 0) is 24.6 Å². The van der Waals surface area contributed by atoms with Gasteiger partial charge in [0, 0.05) is 5.02 Å². The molecule has 6 heteroatoms. The second kappa shape index (κ2) is 5.03. The first kappa shape index (κ1) is 13.3. The van der Waals surface area contributed by atoms with Gasteiger partial charge in [0.1, 0.15) is 10.6 Å². The molecule has 1 N–H and O–H groups in total. The molecule has 0 aliphatic heterocycles. The molecule has 0 aromatic heterocycles. The van der Waals surface area contributed by atoms with E-state index in [1.165, 1.54) is 13.2 Å². The molecule has 0 spiro atoms. The maximum atomic E-state index is 11.8. The van der Waals surface area contributed by atoms with Gasteiger partial charge in [-0.1, -0.05) is 11.6 Å². The van der Waals surface area contributed by atoms with Crippen LogP contribution in [0.15, 0.2) is 17.0 Å². The van der Waals surface area contributed by atoms with Crippen LogP contribution >= 0.6 is 11.6 Å². The number of rotatable bonds is 4. The Kier molecular flexibility index (Phi) is 4.18. The van der Waals surface area contributed by atoms with Gasteiger partial charge in [-0.2, -0.15) is 0 Å². The molecule has 0 amide bonds. The lowest BCUT2D eigenvalue weighted by Crippen LogP contribution is -2.12. The lowest BCUT2D eigenvalue weighted by molar-refractivity contribution is 0.319. The zero-order valence-electron chi connectivity index (χ0n) is 9.03. The van der Waals surface area contributed by atoms with Crippen molar-refractivity contribution in [2.75, 3.05) is 19.5 Å². The summed E-state index contributed by atoms with van der Waals surface area (Å²) < 4.78 is 28.7. The van der Waals surface area contributed by atoms with Crippen molar-refractivity contribution in [3.63, 3.8) is 0 Å². The number of benzene rings is 1. The van der Waals surface area contributed by atoms with Crippen molar-refractivity contribution in [3.8, 4) is 5.75 Å². The van der Waals surface area contributed by atoms with Crippen molar-refractivity contribution in [2.45, 2.75) is 11.8 Å². The van der Waals surface area contributed by atoms with Crippen LogP contribution in [0.2, 0.25) is 5.02 Å².